The van der Waals surface area contributed by atoms with Crippen molar-refractivity contribution >= 4 is 39.4 Å². The molecule has 7 heteroatoms. The van der Waals surface area contributed by atoms with Gasteiger partial charge in [0.25, 0.3) is 0 Å². The van der Waals surface area contributed by atoms with E-state index in [1.54, 1.807) is 0 Å². The number of nitrogen functional groups attached to an aromatic ring is 1. The summed E-state index contributed by atoms with van der Waals surface area (Å²) >= 11 is 6.08. The Morgan fingerprint density at radius 1 is 1.21 bits per heavy atom. The number of anilines is 1. The Balaban J connectivity index is 2.09. The van der Waals surface area contributed by atoms with E-state index >= 15 is 0 Å². The van der Waals surface area contributed by atoms with Crippen molar-refractivity contribution in [2.24, 2.45) is 0 Å². The fraction of sp³-hybridized carbons (Fsp3) is 0.235. The SMILES string of the molecule is CC(C)(C)n1nc(-c2c[nH]c3cc(Cl)ccc23)c2c(N)ncnc21. The van der Waals surface area contributed by atoms with Crippen molar-refractivity contribution in [2.75, 3.05) is 5.73 Å². The van der Waals surface area contributed by atoms with Crippen LogP contribution in [-0.2, 0) is 5.54 Å². The number of hydrogen-bond acceptors (Lipinski definition) is 4. The van der Waals surface area contributed by atoms with Crippen LogP contribution in [0.2, 0.25) is 5.02 Å². The minimum absolute atomic E-state index is 0.229. The van der Waals surface area contributed by atoms with E-state index < -0.39 is 0 Å². The molecule has 0 unspecified atom stereocenters. The quantitative estimate of drug-likeness (QED) is 0.549. The Kier molecular flexibility index (Phi) is 3.08. The monoisotopic (exact) mass is 340 g/mol. The largest absolute Gasteiger partial charge is 0.383 e. The number of fused-ring (bicyclic) bond motifs is 2. The first-order valence-corrected chi connectivity index (χ1v) is 8.01. The number of nitrogens with two attached hydrogens (primary N) is 1. The van der Waals surface area contributed by atoms with Crippen LogP contribution in [-0.4, -0.2) is 24.7 Å². The molecule has 0 aliphatic heterocycles. The van der Waals surface area contributed by atoms with Crippen molar-refractivity contribution in [3.05, 3.63) is 35.7 Å². The van der Waals surface area contributed by atoms with Gasteiger partial charge in [-0.15, -0.1) is 0 Å². The fourth-order valence-electron chi connectivity index (χ4n) is 2.93. The standard InChI is InChI=1S/C17H17ClN6/c1-17(2,3)24-16-13(15(19)21-8-22-16)14(23-24)11-7-20-12-6-9(18)4-5-10(11)12/h4-8,20H,1-3H3,(H2,19,21,22). The Labute approximate surface area is 143 Å². The average Bonchev–Trinajstić information content (AvgIpc) is 3.08. The highest BCUT2D eigenvalue weighted by Crippen LogP contribution is 2.36. The molecule has 4 rings (SSSR count). The highest BCUT2D eigenvalue weighted by molar-refractivity contribution is 6.31. The highest BCUT2D eigenvalue weighted by Gasteiger charge is 2.25. The summed E-state index contributed by atoms with van der Waals surface area (Å²) < 4.78 is 1.89. The van der Waals surface area contributed by atoms with Gasteiger partial charge in [0.1, 0.15) is 17.8 Å². The second-order valence-electron chi connectivity index (χ2n) is 6.78. The van der Waals surface area contributed by atoms with Gasteiger partial charge in [0.15, 0.2) is 5.65 Å². The lowest BCUT2D eigenvalue weighted by Crippen LogP contribution is -2.23. The third kappa shape index (κ3) is 2.14. The van der Waals surface area contributed by atoms with Crippen molar-refractivity contribution in [3.8, 4) is 11.3 Å². The van der Waals surface area contributed by atoms with Crippen LogP contribution in [0.4, 0.5) is 5.82 Å². The van der Waals surface area contributed by atoms with E-state index in [9.17, 15) is 0 Å². The molecule has 0 saturated heterocycles. The molecule has 4 aromatic rings. The van der Waals surface area contributed by atoms with Gasteiger partial charge in [-0.1, -0.05) is 17.7 Å². The van der Waals surface area contributed by atoms with Crippen molar-refractivity contribution < 1.29 is 0 Å². The van der Waals surface area contributed by atoms with Gasteiger partial charge >= 0.3 is 0 Å². The number of nitrogens with one attached hydrogen (secondary N) is 1. The molecule has 0 aliphatic carbocycles. The normalized spacial score (nSPS) is 12.3. The maximum atomic E-state index is 6.15. The Morgan fingerprint density at radius 2 is 2.00 bits per heavy atom. The Morgan fingerprint density at radius 3 is 2.75 bits per heavy atom. The van der Waals surface area contributed by atoms with Crippen LogP contribution in [0.3, 0.4) is 0 Å². The highest BCUT2D eigenvalue weighted by atomic mass is 35.5. The predicted octanol–water partition coefficient (Wildman–Crippen LogP) is 3.97. The summed E-state index contributed by atoms with van der Waals surface area (Å²) in [4.78, 5) is 11.8. The van der Waals surface area contributed by atoms with Crippen LogP contribution >= 0.6 is 11.6 Å². The van der Waals surface area contributed by atoms with E-state index in [0.29, 0.717) is 10.8 Å². The molecular weight excluding hydrogens is 324 g/mol. The molecule has 0 spiro atoms. The molecule has 0 aliphatic rings. The molecule has 0 atom stereocenters. The number of benzene rings is 1. The summed E-state index contributed by atoms with van der Waals surface area (Å²) in [6.45, 7) is 6.24. The molecule has 0 saturated carbocycles. The second kappa shape index (κ2) is 4.95. The Hall–Kier alpha value is -2.60. The number of hydrogen-bond donors (Lipinski definition) is 2. The molecule has 122 valence electrons. The van der Waals surface area contributed by atoms with Crippen LogP contribution in [0, 0.1) is 0 Å². The first-order chi connectivity index (χ1) is 11.4. The zero-order valence-electron chi connectivity index (χ0n) is 13.6. The summed E-state index contributed by atoms with van der Waals surface area (Å²) in [6, 6.07) is 5.73. The molecule has 24 heavy (non-hydrogen) atoms. The Bertz CT molecular complexity index is 1070. The minimum atomic E-state index is -0.229. The summed E-state index contributed by atoms with van der Waals surface area (Å²) in [5.41, 5.74) is 9.33. The van der Waals surface area contributed by atoms with Crippen LogP contribution in [0.1, 0.15) is 20.8 Å². The number of nitrogens with zero attached hydrogens (tertiary/aromatic N) is 4. The van der Waals surface area contributed by atoms with Gasteiger partial charge in [0.05, 0.1) is 10.9 Å². The van der Waals surface area contributed by atoms with Gasteiger partial charge in [0, 0.05) is 27.7 Å². The average molecular weight is 341 g/mol. The third-order valence-corrected chi connectivity index (χ3v) is 4.26. The van der Waals surface area contributed by atoms with Gasteiger partial charge in [-0.3, -0.25) is 0 Å². The molecule has 0 amide bonds. The molecule has 3 N–H and O–H groups in total. The topological polar surface area (TPSA) is 85.4 Å². The molecule has 0 bridgehead atoms. The molecule has 1 aromatic carbocycles. The zero-order valence-corrected chi connectivity index (χ0v) is 14.4. The first kappa shape index (κ1) is 15.0. The number of aromatic amines is 1. The fourth-order valence-corrected chi connectivity index (χ4v) is 3.10. The number of rotatable bonds is 1. The van der Waals surface area contributed by atoms with E-state index in [2.05, 4.69) is 35.7 Å². The van der Waals surface area contributed by atoms with Crippen LogP contribution in [0.25, 0.3) is 33.2 Å². The summed E-state index contributed by atoms with van der Waals surface area (Å²) in [6.07, 6.45) is 3.39. The summed E-state index contributed by atoms with van der Waals surface area (Å²) in [7, 11) is 0. The van der Waals surface area contributed by atoms with E-state index in [4.69, 9.17) is 22.4 Å². The lowest BCUT2D eigenvalue weighted by atomic mass is 10.1. The van der Waals surface area contributed by atoms with Crippen molar-refractivity contribution in [1.82, 2.24) is 24.7 Å². The summed E-state index contributed by atoms with van der Waals surface area (Å²) in [5.74, 6) is 0.425. The van der Waals surface area contributed by atoms with Gasteiger partial charge in [0.2, 0.25) is 0 Å². The number of H-pyrrole nitrogens is 1. The van der Waals surface area contributed by atoms with Gasteiger partial charge < -0.3 is 10.7 Å². The van der Waals surface area contributed by atoms with Gasteiger partial charge in [-0.25, -0.2) is 14.6 Å². The van der Waals surface area contributed by atoms with E-state index in [-0.39, 0.29) is 5.54 Å². The van der Waals surface area contributed by atoms with E-state index in [1.165, 1.54) is 6.33 Å². The van der Waals surface area contributed by atoms with E-state index in [0.717, 1.165) is 33.2 Å². The first-order valence-electron chi connectivity index (χ1n) is 7.63. The smallest absolute Gasteiger partial charge is 0.164 e. The van der Waals surface area contributed by atoms with Crippen LogP contribution in [0.5, 0.6) is 0 Å². The van der Waals surface area contributed by atoms with Crippen LogP contribution in [0.15, 0.2) is 30.7 Å². The molecule has 6 nitrogen and oxygen atoms in total. The molecular formula is C17H17ClN6. The zero-order chi connectivity index (χ0) is 17.1. The third-order valence-electron chi connectivity index (χ3n) is 4.03. The number of halogens is 1. The van der Waals surface area contributed by atoms with Gasteiger partial charge in [-0.2, -0.15) is 5.10 Å². The van der Waals surface area contributed by atoms with Crippen molar-refractivity contribution in [1.29, 1.82) is 0 Å². The molecule has 3 aromatic heterocycles. The molecule has 0 fully saturated rings. The van der Waals surface area contributed by atoms with Crippen LogP contribution < -0.4 is 5.73 Å². The maximum Gasteiger partial charge on any atom is 0.164 e. The maximum absolute atomic E-state index is 6.15. The van der Waals surface area contributed by atoms with Gasteiger partial charge in [-0.05, 0) is 32.9 Å². The minimum Gasteiger partial charge on any atom is -0.383 e. The van der Waals surface area contributed by atoms with E-state index in [1.807, 2.05) is 29.1 Å². The van der Waals surface area contributed by atoms with Crippen molar-refractivity contribution in [3.63, 3.8) is 0 Å². The van der Waals surface area contributed by atoms with Crippen molar-refractivity contribution in [2.45, 2.75) is 26.3 Å². The molecule has 3 heterocycles. The predicted molar refractivity (Wildman–Crippen MR) is 97.0 cm³/mol. The lowest BCUT2D eigenvalue weighted by molar-refractivity contribution is 0.367. The lowest BCUT2D eigenvalue weighted by Gasteiger charge is -2.19. The summed E-state index contributed by atoms with van der Waals surface area (Å²) in [5, 5.41) is 7.30. The number of aromatic nitrogens is 5. The second-order valence-corrected chi connectivity index (χ2v) is 7.22. The molecule has 0 radical (unpaired) electrons.